The number of imidazole rings is 2. The van der Waals surface area contributed by atoms with Gasteiger partial charge in [0.25, 0.3) is 0 Å². The molecule has 5 rings (SSSR count). The second kappa shape index (κ2) is 5.69. The Morgan fingerprint density at radius 3 is 2.85 bits per heavy atom. The number of halogens is 4. The molecule has 0 spiro atoms. The van der Waals surface area contributed by atoms with Gasteiger partial charge in [0, 0.05) is 24.2 Å². The highest BCUT2D eigenvalue weighted by atomic mass is 35.5. The summed E-state index contributed by atoms with van der Waals surface area (Å²) in [5.74, 6) is 0.413. The molecule has 0 unspecified atom stereocenters. The van der Waals surface area contributed by atoms with Crippen LogP contribution in [0.2, 0.25) is 5.15 Å². The van der Waals surface area contributed by atoms with E-state index >= 15 is 0 Å². The molecular weight excluding hydrogens is 379 g/mol. The monoisotopic (exact) mass is 391 g/mol. The number of pyridine rings is 1. The zero-order chi connectivity index (χ0) is 18.8. The largest absolute Gasteiger partial charge is 0.396 e. The van der Waals surface area contributed by atoms with Crippen LogP contribution < -0.4 is 0 Å². The van der Waals surface area contributed by atoms with Crippen molar-refractivity contribution in [2.75, 3.05) is 0 Å². The fourth-order valence-electron chi connectivity index (χ4n) is 3.68. The number of aromatic nitrogens is 5. The van der Waals surface area contributed by atoms with Crippen LogP contribution in [0, 0.1) is 0 Å². The Morgan fingerprint density at radius 1 is 1.19 bits per heavy atom. The molecule has 5 nitrogen and oxygen atoms in total. The van der Waals surface area contributed by atoms with Gasteiger partial charge in [0.05, 0.1) is 11.7 Å². The number of alkyl halides is 3. The van der Waals surface area contributed by atoms with Crippen LogP contribution in [0.4, 0.5) is 13.2 Å². The number of rotatable bonds is 3. The van der Waals surface area contributed by atoms with Crippen molar-refractivity contribution in [3.63, 3.8) is 0 Å². The molecule has 4 aromatic rings. The SMILES string of the molecule is FC(F)(F)Cc1ncc2ccc([C@H]3C[C@@H]3c3cc(Cl)nn4ccnc34)cn12. The number of hydrogen-bond acceptors (Lipinski definition) is 3. The summed E-state index contributed by atoms with van der Waals surface area (Å²) in [4.78, 5) is 8.28. The zero-order valence-corrected chi connectivity index (χ0v) is 14.6. The van der Waals surface area contributed by atoms with E-state index in [4.69, 9.17) is 11.6 Å². The average Bonchev–Trinajstić information content (AvgIpc) is 3.10. The van der Waals surface area contributed by atoms with Gasteiger partial charge in [0.2, 0.25) is 0 Å². The van der Waals surface area contributed by atoms with Gasteiger partial charge in [0.15, 0.2) is 5.65 Å². The molecule has 0 bridgehead atoms. The van der Waals surface area contributed by atoms with Gasteiger partial charge in [0.1, 0.15) is 17.4 Å². The molecule has 1 aliphatic carbocycles. The molecular formula is C18H13ClF3N5. The molecule has 1 aliphatic rings. The smallest absolute Gasteiger partial charge is 0.303 e. The fourth-order valence-corrected chi connectivity index (χ4v) is 3.88. The lowest BCUT2D eigenvalue weighted by Crippen LogP contribution is -2.14. The average molecular weight is 392 g/mol. The van der Waals surface area contributed by atoms with Crippen molar-refractivity contribution >= 4 is 22.8 Å². The van der Waals surface area contributed by atoms with Crippen molar-refractivity contribution in [3.8, 4) is 0 Å². The van der Waals surface area contributed by atoms with Crippen LogP contribution in [0.1, 0.15) is 35.2 Å². The third-order valence-electron chi connectivity index (χ3n) is 4.96. The van der Waals surface area contributed by atoms with Crippen LogP contribution in [0.25, 0.3) is 11.2 Å². The lowest BCUT2D eigenvalue weighted by atomic mass is 10.1. The van der Waals surface area contributed by atoms with E-state index in [-0.39, 0.29) is 17.7 Å². The van der Waals surface area contributed by atoms with Crippen molar-refractivity contribution in [3.05, 3.63) is 65.1 Å². The summed E-state index contributed by atoms with van der Waals surface area (Å²) in [5.41, 5.74) is 3.39. The number of nitrogens with zero attached hydrogens (tertiary/aromatic N) is 5. The van der Waals surface area contributed by atoms with Gasteiger partial charge in [-0.15, -0.1) is 0 Å². The summed E-state index contributed by atoms with van der Waals surface area (Å²) >= 11 is 6.11. The Balaban J connectivity index is 1.50. The number of fused-ring (bicyclic) bond motifs is 2. The lowest BCUT2D eigenvalue weighted by Gasteiger charge is -2.08. The number of hydrogen-bond donors (Lipinski definition) is 0. The molecule has 1 saturated carbocycles. The van der Waals surface area contributed by atoms with Gasteiger partial charge in [-0.3, -0.25) is 0 Å². The van der Waals surface area contributed by atoms with Gasteiger partial charge in [-0.2, -0.15) is 18.3 Å². The molecule has 0 aromatic carbocycles. The van der Waals surface area contributed by atoms with Gasteiger partial charge in [-0.05, 0) is 36.0 Å². The minimum atomic E-state index is -4.29. The first kappa shape index (κ1) is 16.6. The highest BCUT2D eigenvalue weighted by Gasteiger charge is 2.41. The van der Waals surface area contributed by atoms with E-state index in [1.807, 2.05) is 18.2 Å². The van der Waals surface area contributed by atoms with E-state index in [0.717, 1.165) is 23.2 Å². The first-order valence-electron chi connectivity index (χ1n) is 8.41. The fraction of sp³-hybridized carbons (Fsp3) is 0.278. The van der Waals surface area contributed by atoms with Crippen molar-refractivity contribution in [2.45, 2.75) is 30.9 Å². The maximum Gasteiger partial charge on any atom is 0.396 e. The maximum atomic E-state index is 12.8. The normalized spacial score (nSPS) is 19.9. The summed E-state index contributed by atoms with van der Waals surface area (Å²) in [7, 11) is 0. The zero-order valence-electron chi connectivity index (χ0n) is 13.9. The molecule has 27 heavy (non-hydrogen) atoms. The molecule has 138 valence electrons. The third-order valence-corrected chi connectivity index (χ3v) is 5.15. The van der Waals surface area contributed by atoms with Crippen LogP contribution in [0.15, 0.2) is 43.0 Å². The molecule has 4 heterocycles. The topological polar surface area (TPSA) is 47.5 Å². The van der Waals surface area contributed by atoms with Crippen LogP contribution in [-0.2, 0) is 6.42 Å². The predicted octanol–water partition coefficient (Wildman–Crippen LogP) is 4.41. The first-order chi connectivity index (χ1) is 12.9. The van der Waals surface area contributed by atoms with Gasteiger partial charge in [-0.25, -0.2) is 14.5 Å². The Bertz CT molecular complexity index is 1160. The summed E-state index contributed by atoms with van der Waals surface area (Å²) in [6.07, 6.45) is 2.18. The molecule has 0 aliphatic heterocycles. The lowest BCUT2D eigenvalue weighted by molar-refractivity contribution is -0.128. The van der Waals surface area contributed by atoms with Gasteiger partial charge >= 0.3 is 6.18 Å². The molecule has 4 aromatic heterocycles. The van der Waals surface area contributed by atoms with E-state index in [0.29, 0.717) is 10.7 Å². The molecule has 0 saturated heterocycles. The summed E-state index contributed by atoms with van der Waals surface area (Å²) in [6, 6.07) is 5.58. The highest BCUT2D eigenvalue weighted by Crippen LogP contribution is 2.55. The Hall–Kier alpha value is -2.61. The second-order valence-corrected chi connectivity index (χ2v) is 7.18. The first-order valence-corrected chi connectivity index (χ1v) is 8.79. The minimum absolute atomic E-state index is 0.000784. The van der Waals surface area contributed by atoms with Crippen LogP contribution in [0.5, 0.6) is 0 Å². The second-order valence-electron chi connectivity index (χ2n) is 6.79. The maximum absolute atomic E-state index is 12.8. The van der Waals surface area contributed by atoms with Crippen molar-refractivity contribution in [2.24, 2.45) is 0 Å². The van der Waals surface area contributed by atoms with E-state index < -0.39 is 12.6 Å². The predicted molar refractivity (Wildman–Crippen MR) is 93.0 cm³/mol. The van der Waals surface area contributed by atoms with Crippen LogP contribution in [-0.4, -0.2) is 30.2 Å². The Morgan fingerprint density at radius 2 is 2.04 bits per heavy atom. The Labute approximate surface area is 156 Å². The third kappa shape index (κ3) is 2.93. The van der Waals surface area contributed by atoms with E-state index in [9.17, 15) is 13.2 Å². The standard InChI is InChI=1S/C18H13ClF3N5/c19-15-6-14(17-23-3-4-27(17)25-15)13-5-12(13)10-1-2-11-8-24-16(26(11)9-10)7-18(20,21)22/h1-4,6,8-9,12-13H,5,7H2/t12-,13+/m1/s1. The summed E-state index contributed by atoms with van der Waals surface area (Å²) in [5, 5.41) is 4.57. The molecule has 9 heteroatoms. The summed E-state index contributed by atoms with van der Waals surface area (Å²) in [6.45, 7) is 0. The minimum Gasteiger partial charge on any atom is -0.303 e. The van der Waals surface area contributed by atoms with Gasteiger partial charge in [-0.1, -0.05) is 17.7 Å². The van der Waals surface area contributed by atoms with E-state index in [1.54, 1.807) is 23.1 Å². The molecule has 2 atom stereocenters. The van der Waals surface area contributed by atoms with Gasteiger partial charge < -0.3 is 4.40 Å². The molecule has 0 N–H and O–H groups in total. The highest BCUT2D eigenvalue weighted by molar-refractivity contribution is 6.29. The quantitative estimate of drug-likeness (QED) is 0.520. The molecule has 0 radical (unpaired) electrons. The van der Waals surface area contributed by atoms with Crippen LogP contribution >= 0.6 is 11.6 Å². The van der Waals surface area contributed by atoms with E-state index in [1.165, 1.54) is 10.6 Å². The van der Waals surface area contributed by atoms with Crippen molar-refractivity contribution in [1.29, 1.82) is 0 Å². The van der Waals surface area contributed by atoms with E-state index in [2.05, 4.69) is 15.1 Å². The van der Waals surface area contributed by atoms with Crippen molar-refractivity contribution < 1.29 is 13.2 Å². The summed E-state index contributed by atoms with van der Waals surface area (Å²) < 4.78 is 41.5. The van der Waals surface area contributed by atoms with Crippen LogP contribution in [0.3, 0.4) is 0 Å². The molecule has 0 amide bonds. The Kier molecular flexibility index (Phi) is 3.49. The van der Waals surface area contributed by atoms with Crippen molar-refractivity contribution in [1.82, 2.24) is 24.0 Å². The molecule has 1 fully saturated rings.